The molecule has 98 valence electrons. The fourth-order valence-electron chi connectivity index (χ4n) is 1.60. The molecule has 0 N–H and O–H groups in total. The molecule has 0 saturated heterocycles. The molecule has 0 fully saturated rings. The average molecular weight is 285 g/mol. The molecule has 0 saturated carbocycles. The Hall–Kier alpha value is -0.870. The Labute approximate surface area is 116 Å². The Morgan fingerprint density at radius 3 is 2.83 bits per heavy atom. The summed E-state index contributed by atoms with van der Waals surface area (Å²) in [6, 6.07) is 2.10. The number of halogens is 1. The van der Waals surface area contributed by atoms with Gasteiger partial charge in [0.1, 0.15) is 4.83 Å². The second kappa shape index (κ2) is 5.85. The van der Waals surface area contributed by atoms with Gasteiger partial charge in [-0.15, -0.1) is 11.3 Å². The van der Waals surface area contributed by atoms with Gasteiger partial charge in [0.2, 0.25) is 11.2 Å². The minimum absolute atomic E-state index is 0.256. The topological polar surface area (TPSA) is 35.0 Å². The zero-order valence-corrected chi connectivity index (χ0v) is 12.4. The summed E-state index contributed by atoms with van der Waals surface area (Å²) in [4.78, 5) is 10.6. The van der Waals surface area contributed by atoms with Crippen LogP contribution >= 0.6 is 22.9 Å². The average Bonchev–Trinajstić information content (AvgIpc) is 2.71. The van der Waals surface area contributed by atoms with Gasteiger partial charge in [-0.05, 0) is 36.4 Å². The van der Waals surface area contributed by atoms with Crippen molar-refractivity contribution in [3.05, 3.63) is 16.2 Å². The molecule has 0 unspecified atom stereocenters. The lowest BCUT2D eigenvalue weighted by Gasteiger charge is -2.08. The molecule has 0 aliphatic rings. The highest BCUT2D eigenvalue weighted by Gasteiger charge is 2.11. The van der Waals surface area contributed by atoms with Crippen molar-refractivity contribution in [2.24, 2.45) is 5.92 Å². The highest BCUT2D eigenvalue weighted by Crippen LogP contribution is 2.31. The van der Waals surface area contributed by atoms with Crippen molar-refractivity contribution < 1.29 is 4.74 Å². The van der Waals surface area contributed by atoms with Crippen LogP contribution < -0.4 is 4.74 Å². The standard InChI is InChI=1S/C13H17ClN2OS/c1-4-9-7-10-11(17-6-5-8(2)3)15-13(14)16-12(10)18-9/h7-8H,4-6H2,1-3H3. The SMILES string of the molecule is CCc1cc2c(OCCC(C)C)nc(Cl)nc2s1. The van der Waals surface area contributed by atoms with Crippen LogP contribution in [0.2, 0.25) is 5.28 Å². The van der Waals surface area contributed by atoms with E-state index in [1.807, 2.05) is 0 Å². The van der Waals surface area contributed by atoms with Gasteiger partial charge in [-0.25, -0.2) is 4.98 Å². The first-order valence-corrected chi connectivity index (χ1v) is 7.38. The highest BCUT2D eigenvalue weighted by atomic mass is 35.5. The summed E-state index contributed by atoms with van der Waals surface area (Å²) < 4.78 is 5.74. The number of rotatable bonds is 5. The quantitative estimate of drug-likeness (QED) is 0.767. The van der Waals surface area contributed by atoms with E-state index in [4.69, 9.17) is 16.3 Å². The Balaban J connectivity index is 2.27. The predicted octanol–water partition coefficient (Wildman–Crippen LogP) is 4.33. The Morgan fingerprint density at radius 1 is 1.39 bits per heavy atom. The maximum absolute atomic E-state index is 5.92. The van der Waals surface area contributed by atoms with Crippen LogP contribution in [0.3, 0.4) is 0 Å². The molecule has 5 heteroatoms. The van der Waals surface area contributed by atoms with Crippen LogP contribution in [-0.2, 0) is 6.42 Å². The van der Waals surface area contributed by atoms with Crippen molar-refractivity contribution in [1.29, 1.82) is 0 Å². The number of thiophene rings is 1. The predicted molar refractivity (Wildman–Crippen MR) is 76.8 cm³/mol. The summed E-state index contributed by atoms with van der Waals surface area (Å²) in [6.45, 7) is 7.13. The van der Waals surface area contributed by atoms with Crippen molar-refractivity contribution in [3.8, 4) is 5.88 Å². The fraction of sp³-hybridized carbons (Fsp3) is 0.538. The molecule has 18 heavy (non-hydrogen) atoms. The van der Waals surface area contributed by atoms with Crippen LogP contribution in [0.25, 0.3) is 10.2 Å². The summed E-state index contributed by atoms with van der Waals surface area (Å²) in [6.07, 6.45) is 2.00. The maximum atomic E-state index is 5.92. The second-order valence-corrected chi connectivity index (χ2v) is 6.07. The van der Waals surface area contributed by atoms with E-state index in [2.05, 4.69) is 36.8 Å². The molecule has 3 nitrogen and oxygen atoms in total. The van der Waals surface area contributed by atoms with Gasteiger partial charge in [0.05, 0.1) is 12.0 Å². The van der Waals surface area contributed by atoms with Gasteiger partial charge in [-0.2, -0.15) is 4.98 Å². The molecule has 2 rings (SSSR count). The number of hydrogen-bond donors (Lipinski definition) is 0. The van der Waals surface area contributed by atoms with E-state index in [-0.39, 0.29) is 5.28 Å². The molecule has 0 aliphatic carbocycles. The number of aryl methyl sites for hydroxylation is 1. The van der Waals surface area contributed by atoms with Crippen molar-refractivity contribution in [2.45, 2.75) is 33.6 Å². The van der Waals surface area contributed by atoms with E-state index in [0.717, 1.165) is 23.1 Å². The van der Waals surface area contributed by atoms with Crippen LogP contribution in [0.15, 0.2) is 6.07 Å². The number of ether oxygens (including phenoxy) is 1. The molecule has 2 aromatic heterocycles. The van der Waals surface area contributed by atoms with Crippen LogP contribution in [0, 0.1) is 5.92 Å². The zero-order valence-electron chi connectivity index (χ0n) is 10.9. The Kier molecular flexibility index (Phi) is 4.40. The minimum Gasteiger partial charge on any atom is -0.477 e. The molecule has 0 amide bonds. The van der Waals surface area contributed by atoms with E-state index >= 15 is 0 Å². The van der Waals surface area contributed by atoms with Gasteiger partial charge in [-0.1, -0.05) is 20.8 Å². The van der Waals surface area contributed by atoms with Crippen LogP contribution in [-0.4, -0.2) is 16.6 Å². The molecular weight excluding hydrogens is 268 g/mol. The van der Waals surface area contributed by atoms with Gasteiger partial charge in [0.15, 0.2) is 0 Å². The molecule has 0 radical (unpaired) electrons. The van der Waals surface area contributed by atoms with Crippen molar-refractivity contribution >= 4 is 33.2 Å². The summed E-state index contributed by atoms with van der Waals surface area (Å²) in [5.74, 6) is 1.23. The summed E-state index contributed by atoms with van der Waals surface area (Å²) >= 11 is 7.57. The number of fused-ring (bicyclic) bond motifs is 1. The minimum atomic E-state index is 0.256. The summed E-state index contributed by atoms with van der Waals surface area (Å²) in [5.41, 5.74) is 0. The number of hydrogen-bond acceptors (Lipinski definition) is 4. The monoisotopic (exact) mass is 284 g/mol. The molecular formula is C13H17ClN2OS. The lowest BCUT2D eigenvalue weighted by Crippen LogP contribution is -2.03. The van der Waals surface area contributed by atoms with Crippen LogP contribution in [0.1, 0.15) is 32.1 Å². The van der Waals surface area contributed by atoms with E-state index in [1.165, 1.54) is 4.88 Å². The fourth-order valence-corrected chi connectivity index (χ4v) is 2.77. The van der Waals surface area contributed by atoms with Gasteiger partial charge in [-0.3, -0.25) is 0 Å². The summed E-state index contributed by atoms with van der Waals surface area (Å²) in [7, 11) is 0. The smallest absolute Gasteiger partial charge is 0.227 e. The molecule has 2 heterocycles. The van der Waals surface area contributed by atoms with Crippen molar-refractivity contribution in [1.82, 2.24) is 9.97 Å². The molecule has 0 aromatic carbocycles. The lowest BCUT2D eigenvalue weighted by atomic mass is 10.1. The summed E-state index contributed by atoms with van der Waals surface area (Å²) in [5, 5.41) is 1.23. The normalized spacial score (nSPS) is 11.4. The third-order valence-corrected chi connectivity index (χ3v) is 4.01. The molecule has 0 bridgehead atoms. The Bertz CT molecular complexity index is 539. The van der Waals surface area contributed by atoms with Gasteiger partial charge in [0.25, 0.3) is 0 Å². The van der Waals surface area contributed by atoms with Gasteiger partial charge in [0, 0.05) is 4.88 Å². The third kappa shape index (κ3) is 3.12. The van der Waals surface area contributed by atoms with Crippen molar-refractivity contribution in [3.63, 3.8) is 0 Å². The lowest BCUT2D eigenvalue weighted by molar-refractivity contribution is 0.282. The maximum Gasteiger partial charge on any atom is 0.227 e. The molecule has 2 aromatic rings. The van der Waals surface area contributed by atoms with E-state index in [1.54, 1.807) is 11.3 Å². The first-order chi connectivity index (χ1) is 8.60. The van der Waals surface area contributed by atoms with E-state index in [9.17, 15) is 0 Å². The van der Waals surface area contributed by atoms with Crippen LogP contribution in [0.4, 0.5) is 0 Å². The second-order valence-electron chi connectivity index (χ2n) is 4.61. The van der Waals surface area contributed by atoms with Gasteiger partial charge < -0.3 is 4.74 Å². The molecule has 0 spiro atoms. The largest absolute Gasteiger partial charge is 0.477 e. The molecule has 0 atom stereocenters. The van der Waals surface area contributed by atoms with Gasteiger partial charge >= 0.3 is 0 Å². The zero-order chi connectivity index (χ0) is 13.1. The first kappa shape index (κ1) is 13.6. The Morgan fingerprint density at radius 2 is 2.17 bits per heavy atom. The third-order valence-electron chi connectivity index (χ3n) is 2.66. The van der Waals surface area contributed by atoms with Crippen LogP contribution in [0.5, 0.6) is 5.88 Å². The number of aromatic nitrogens is 2. The van der Waals surface area contributed by atoms with E-state index in [0.29, 0.717) is 18.4 Å². The highest BCUT2D eigenvalue weighted by molar-refractivity contribution is 7.18. The van der Waals surface area contributed by atoms with E-state index < -0.39 is 0 Å². The molecule has 0 aliphatic heterocycles. The first-order valence-electron chi connectivity index (χ1n) is 6.19. The van der Waals surface area contributed by atoms with Crippen molar-refractivity contribution in [2.75, 3.05) is 6.61 Å². The number of nitrogens with zero attached hydrogens (tertiary/aromatic N) is 2.